The number of benzene rings is 2. The number of carbonyl (C=O) groups is 4. The van der Waals surface area contributed by atoms with Crippen molar-refractivity contribution in [2.75, 3.05) is 19.6 Å². The number of amides is 5. The highest BCUT2D eigenvalue weighted by Gasteiger charge is 2.51. The maximum Gasteiger partial charge on any atom is 0.325 e. The molecule has 6 rings (SSSR count). The number of imide groups is 1. The van der Waals surface area contributed by atoms with Gasteiger partial charge in [-0.3, -0.25) is 19.3 Å². The third-order valence-corrected chi connectivity index (χ3v) is 11.6. The maximum atomic E-state index is 14.3. The van der Waals surface area contributed by atoms with Crippen LogP contribution in [0.2, 0.25) is 5.02 Å². The van der Waals surface area contributed by atoms with Crippen LogP contribution in [0.25, 0.3) is 0 Å². The summed E-state index contributed by atoms with van der Waals surface area (Å²) in [6, 6.07) is 13.8. The normalized spacial score (nSPS) is 24.8. The van der Waals surface area contributed by atoms with Crippen molar-refractivity contribution >= 4 is 35.4 Å². The van der Waals surface area contributed by atoms with Gasteiger partial charge < -0.3 is 21.3 Å². The lowest BCUT2D eigenvalue weighted by molar-refractivity contribution is -0.141. The van der Waals surface area contributed by atoms with E-state index in [-0.39, 0.29) is 29.2 Å². The molecule has 10 heteroatoms. The first-order valence-corrected chi connectivity index (χ1v) is 17.7. The van der Waals surface area contributed by atoms with Gasteiger partial charge in [-0.25, -0.2) is 4.79 Å². The monoisotopic (exact) mass is 661 g/mol. The smallest absolute Gasteiger partial charge is 0.325 e. The van der Waals surface area contributed by atoms with Crippen LogP contribution in [0.3, 0.4) is 0 Å². The summed E-state index contributed by atoms with van der Waals surface area (Å²) in [6.45, 7) is 4.88. The largest absolute Gasteiger partial charge is 0.344 e. The number of nitrogens with two attached hydrogens (primary N) is 1. The van der Waals surface area contributed by atoms with Gasteiger partial charge in [0.2, 0.25) is 11.8 Å². The van der Waals surface area contributed by atoms with Crippen LogP contribution in [0.1, 0.15) is 87.9 Å². The van der Waals surface area contributed by atoms with Crippen LogP contribution in [0.15, 0.2) is 48.5 Å². The fourth-order valence-electron chi connectivity index (χ4n) is 8.50. The fourth-order valence-corrected chi connectivity index (χ4v) is 8.63. The number of likely N-dealkylation sites (tertiary alicyclic amines) is 1. The molecule has 5 amide bonds. The zero-order valence-electron chi connectivity index (χ0n) is 27.6. The van der Waals surface area contributed by atoms with Crippen molar-refractivity contribution in [3.8, 4) is 0 Å². The molecule has 4 aliphatic rings. The number of rotatable bonds is 8. The maximum absolute atomic E-state index is 14.3. The minimum atomic E-state index is -0.919. The van der Waals surface area contributed by atoms with Crippen LogP contribution in [0.5, 0.6) is 0 Å². The molecule has 2 aliphatic carbocycles. The fraction of sp³-hybridized carbons (Fsp3) is 0.568. The number of nitrogens with zero attached hydrogens (tertiary/aromatic N) is 2. The number of hydrogen-bond donors (Lipinski definition) is 3. The number of piperidine rings is 1. The molecule has 2 aliphatic heterocycles. The zero-order chi connectivity index (χ0) is 33.3. The minimum Gasteiger partial charge on any atom is -0.344 e. The van der Waals surface area contributed by atoms with Gasteiger partial charge in [0.05, 0.1) is 5.92 Å². The van der Waals surface area contributed by atoms with Gasteiger partial charge in [-0.05, 0) is 92.5 Å². The molecule has 4 N–H and O–H groups in total. The van der Waals surface area contributed by atoms with Crippen LogP contribution in [-0.4, -0.2) is 64.8 Å². The highest BCUT2D eigenvalue weighted by Crippen LogP contribution is 2.47. The van der Waals surface area contributed by atoms with Gasteiger partial charge in [0.25, 0.3) is 5.91 Å². The second-order valence-electron chi connectivity index (χ2n) is 14.7. The Hall–Kier alpha value is -3.43. The molecule has 252 valence electrons. The van der Waals surface area contributed by atoms with Crippen LogP contribution < -0.4 is 16.4 Å². The number of fused-ring (bicyclic) bond motifs is 1. The molecule has 2 heterocycles. The van der Waals surface area contributed by atoms with Crippen molar-refractivity contribution in [1.82, 2.24) is 20.4 Å². The van der Waals surface area contributed by atoms with Gasteiger partial charge in [0.15, 0.2) is 0 Å². The van der Waals surface area contributed by atoms with Crippen LogP contribution in [0, 0.1) is 17.3 Å². The SMILES string of the molecule is CC1(C)NC(=O)N(CC2(C3CCCCC3)CCN(C(=O)[C@@H](Cc3ccc(Cl)cc3)NC(=O)C3CCc4ccccc4[C@@H]3N)CC2)C1=O. The summed E-state index contributed by atoms with van der Waals surface area (Å²) in [5.74, 6) is -0.553. The highest BCUT2D eigenvalue weighted by molar-refractivity contribution is 6.30. The Kier molecular flexibility index (Phi) is 9.68. The first-order valence-electron chi connectivity index (χ1n) is 17.3. The van der Waals surface area contributed by atoms with E-state index in [0.717, 1.165) is 43.2 Å². The van der Waals surface area contributed by atoms with E-state index in [9.17, 15) is 19.2 Å². The number of halogens is 1. The average Bonchev–Trinajstić information content (AvgIpc) is 3.27. The molecule has 0 spiro atoms. The van der Waals surface area contributed by atoms with Crippen LogP contribution in [0.4, 0.5) is 4.79 Å². The van der Waals surface area contributed by atoms with Crippen molar-refractivity contribution in [3.05, 3.63) is 70.2 Å². The topological polar surface area (TPSA) is 125 Å². The second kappa shape index (κ2) is 13.6. The van der Waals surface area contributed by atoms with E-state index in [1.54, 1.807) is 26.0 Å². The molecule has 2 aromatic carbocycles. The summed E-state index contributed by atoms with van der Waals surface area (Å²) in [7, 11) is 0. The Morgan fingerprint density at radius 2 is 1.68 bits per heavy atom. The molecule has 0 radical (unpaired) electrons. The molecule has 47 heavy (non-hydrogen) atoms. The third-order valence-electron chi connectivity index (χ3n) is 11.3. The summed E-state index contributed by atoms with van der Waals surface area (Å²) in [4.78, 5) is 57.6. The lowest BCUT2D eigenvalue weighted by atomic mass is 9.63. The number of hydrogen-bond acceptors (Lipinski definition) is 5. The number of nitrogens with one attached hydrogen (secondary N) is 2. The van der Waals surface area contributed by atoms with E-state index in [2.05, 4.69) is 16.7 Å². The van der Waals surface area contributed by atoms with E-state index < -0.39 is 23.5 Å². The molecule has 2 saturated heterocycles. The molecular weight excluding hydrogens is 614 g/mol. The summed E-state index contributed by atoms with van der Waals surface area (Å²) in [5, 5.41) is 6.57. The van der Waals surface area contributed by atoms with Gasteiger partial charge in [0.1, 0.15) is 11.6 Å². The molecule has 3 atom stereocenters. The summed E-state index contributed by atoms with van der Waals surface area (Å²) < 4.78 is 0. The van der Waals surface area contributed by atoms with Crippen molar-refractivity contribution in [1.29, 1.82) is 0 Å². The van der Waals surface area contributed by atoms with E-state index in [4.69, 9.17) is 17.3 Å². The predicted octanol–water partition coefficient (Wildman–Crippen LogP) is 5.15. The van der Waals surface area contributed by atoms with Crippen LogP contribution in [-0.2, 0) is 27.2 Å². The first kappa shape index (κ1) is 33.5. The third kappa shape index (κ3) is 6.93. The first-order chi connectivity index (χ1) is 22.5. The highest BCUT2D eigenvalue weighted by atomic mass is 35.5. The van der Waals surface area contributed by atoms with Gasteiger partial charge in [-0.1, -0.05) is 67.3 Å². The van der Waals surface area contributed by atoms with Gasteiger partial charge in [-0.15, -0.1) is 0 Å². The lowest BCUT2D eigenvalue weighted by Crippen LogP contribution is -2.57. The van der Waals surface area contributed by atoms with Gasteiger partial charge >= 0.3 is 6.03 Å². The average molecular weight is 662 g/mol. The Morgan fingerprint density at radius 3 is 2.34 bits per heavy atom. The molecule has 1 saturated carbocycles. The molecule has 2 aromatic rings. The van der Waals surface area contributed by atoms with Crippen molar-refractivity contribution in [3.63, 3.8) is 0 Å². The van der Waals surface area contributed by atoms with E-state index in [1.807, 2.05) is 35.2 Å². The summed E-state index contributed by atoms with van der Waals surface area (Å²) in [5.41, 5.74) is 8.53. The Balaban J connectivity index is 1.20. The zero-order valence-corrected chi connectivity index (χ0v) is 28.4. The Labute approximate surface area is 282 Å². The summed E-state index contributed by atoms with van der Waals surface area (Å²) in [6.07, 6.45) is 8.76. The van der Waals surface area contributed by atoms with Crippen molar-refractivity contribution in [2.45, 2.75) is 95.7 Å². The lowest BCUT2D eigenvalue weighted by Gasteiger charge is -2.49. The molecular formula is C37H48ClN5O4. The van der Waals surface area contributed by atoms with E-state index in [0.29, 0.717) is 56.3 Å². The standard InChI is InChI=1S/C37H48ClN5O4/c1-36(2)34(46)43(35(47)41-36)23-37(26-9-4-3-5-10-26)18-20-42(21-19-37)33(45)30(22-24-12-15-27(38)16-13-24)40-32(44)29-17-14-25-8-6-7-11-28(25)31(29)39/h6-8,11-13,15-16,26,29-31H,3-5,9-10,14,17-23,39H2,1-2H3,(H,40,44)(H,41,47)/t29?,30-,31+/m1/s1. The quantitative estimate of drug-likeness (QED) is 0.338. The van der Waals surface area contributed by atoms with Gasteiger partial charge in [-0.2, -0.15) is 0 Å². The second-order valence-corrected chi connectivity index (χ2v) is 15.2. The molecule has 1 unspecified atom stereocenters. The number of aryl methyl sites for hydroxylation is 1. The predicted molar refractivity (Wildman–Crippen MR) is 181 cm³/mol. The Morgan fingerprint density at radius 1 is 1.00 bits per heavy atom. The van der Waals surface area contributed by atoms with Crippen molar-refractivity contribution in [2.24, 2.45) is 23.0 Å². The molecule has 0 aromatic heterocycles. The number of urea groups is 1. The summed E-state index contributed by atoms with van der Waals surface area (Å²) >= 11 is 6.15. The van der Waals surface area contributed by atoms with Crippen molar-refractivity contribution < 1.29 is 19.2 Å². The molecule has 9 nitrogen and oxygen atoms in total. The molecule has 3 fully saturated rings. The van der Waals surface area contributed by atoms with Gasteiger partial charge in [0, 0.05) is 37.1 Å². The Bertz CT molecular complexity index is 1500. The van der Waals surface area contributed by atoms with E-state index in [1.165, 1.54) is 16.9 Å². The minimum absolute atomic E-state index is 0.119. The van der Waals surface area contributed by atoms with E-state index >= 15 is 0 Å². The molecule has 0 bridgehead atoms. The van der Waals surface area contributed by atoms with Crippen LogP contribution >= 0.6 is 11.6 Å². The number of carbonyl (C=O) groups excluding carboxylic acids is 4.